The van der Waals surface area contributed by atoms with Crippen LogP contribution in [0.25, 0.3) is 76.8 Å². The Morgan fingerprint density at radius 1 is 0.509 bits per heavy atom. The number of para-hydroxylation sites is 4. The first kappa shape index (κ1) is 31.7. The lowest BCUT2D eigenvalue weighted by atomic mass is 9.34. The zero-order valence-corrected chi connectivity index (χ0v) is 33.0. The summed E-state index contributed by atoms with van der Waals surface area (Å²) in [6.07, 6.45) is 0. The average molecular weight is 734 g/mol. The van der Waals surface area contributed by atoms with Gasteiger partial charge >= 0.3 is 0 Å². The van der Waals surface area contributed by atoms with Gasteiger partial charge in [0.2, 0.25) is 5.88 Å². The van der Waals surface area contributed by atoms with Crippen LogP contribution in [-0.4, -0.2) is 15.7 Å². The predicted octanol–water partition coefficient (Wildman–Crippen LogP) is 11.9. The SMILES string of the molecule is CC(C)(C)c1ccc2c(c1)c1ccc3c4c1n2-c1oc2c(C(C)(C)C)cccc2c1B4c1ccc2c4cccc5c6ccccc6n(c2c1N3c1ccccc1)c54. The van der Waals surface area contributed by atoms with Gasteiger partial charge in [-0.15, -0.1) is 0 Å². The van der Waals surface area contributed by atoms with Gasteiger partial charge in [-0.2, -0.15) is 0 Å². The quantitative estimate of drug-likeness (QED) is 0.157. The molecule has 0 unspecified atom stereocenters. The fourth-order valence-electron chi connectivity index (χ4n) is 10.8. The van der Waals surface area contributed by atoms with E-state index >= 15 is 0 Å². The van der Waals surface area contributed by atoms with Crippen molar-refractivity contribution in [3.63, 3.8) is 0 Å². The molecule has 4 nitrogen and oxygen atoms in total. The maximum atomic E-state index is 7.36. The second-order valence-corrected chi connectivity index (χ2v) is 18.5. The van der Waals surface area contributed by atoms with Crippen molar-refractivity contribution in [1.82, 2.24) is 8.97 Å². The minimum Gasteiger partial charge on any atom is -0.440 e. The molecule has 4 aromatic heterocycles. The molecule has 5 heteroatoms. The van der Waals surface area contributed by atoms with Gasteiger partial charge in [-0.1, -0.05) is 139 Å². The van der Waals surface area contributed by atoms with Gasteiger partial charge in [0.05, 0.1) is 33.3 Å². The Kier molecular flexibility index (Phi) is 5.72. The topological polar surface area (TPSA) is 25.7 Å². The molecule has 57 heavy (non-hydrogen) atoms. The summed E-state index contributed by atoms with van der Waals surface area (Å²) >= 11 is 0. The van der Waals surface area contributed by atoms with Crippen molar-refractivity contribution in [3.8, 4) is 5.88 Å². The summed E-state index contributed by atoms with van der Waals surface area (Å²) in [5.74, 6) is 0.941. The van der Waals surface area contributed by atoms with E-state index in [9.17, 15) is 0 Å². The minimum atomic E-state index is -0.102. The van der Waals surface area contributed by atoms with Gasteiger partial charge in [0.1, 0.15) is 5.58 Å². The Hall–Kier alpha value is -6.46. The third-order valence-corrected chi connectivity index (χ3v) is 13.3. The smallest absolute Gasteiger partial charge is 0.257 e. The van der Waals surface area contributed by atoms with Crippen molar-refractivity contribution in [1.29, 1.82) is 0 Å². The van der Waals surface area contributed by atoms with Crippen molar-refractivity contribution in [2.75, 3.05) is 4.90 Å². The first-order valence-corrected chi connectivity index (χ1v) is 20.3. The highest BCUT2D eigenvalue weighted by Gasteiger charge is 2.46. The standard InChI is InChI=1S/C52H40BN3O/c1-51(2,3)29-22-26-41-37(28-29)35-24-27-42-44-46(35)56(41)50-43(36-19-13-20-38(49(36)57-50)52(4,5)6)53(44)39-25-23-34-33-18-12-17-32-31-16-10-11-21-40(31)55(45(32)33)47(34)48(39)54(42)30-14-8-7-9-15-30/h7-28H,1-6H3. The van der Waals surface area contributed by atoms with Crippen LogP contribution >= 0.6 is 0 Å². The Bertz CT molecular complexity index is 3550. The Labute approximate surface area is 330 Å². The van der Waals surface area contributed by atoms with Crippen LogP contribution < -0.4 is 21.3 Å². The van der Waals surface area contributed by atoms with E-state index in [1.165, 1.54) is 104 Å². The fraction of sp³-hybridized carbons (Fsp3) is 0.154. The minimum absolute atomic E-state index is 0.0146. The summed E-state index contributed by atoms with van der Waals surface area (Å²) in [7, 11) is 0. The molecule has 0 saturated carbocycles. The number of furan rings is 1. The second-order valence-electron chi connectivity index (χ2n) is 18.5. The molecule has 0 saturated heterocycles. The number of anilines is 3. The Morgan fingerprint density at radius 2 is 1.19 bits per heavy atom. The summed E-state index contributed by atoms with van der Waals surface area (Å²) in [6.45, 7) is 13.7. The molecular weight excluding hydrogens is 693 g/mol. The molecule has 2 aliphatic rings. The largest absolute Gasteiger partial charge is 0.440 e. The third kappa shape index (κ3) is 3.81. The van der Waals surface area contributed by atoms with Gasteiger partial charge < -0.3 is 13.7 Å². The highest BCUT2D eigenvalue weighted by molar-refractivity contribution is 7.01. The maximum Gasteiger partial charge on any atom is 0.257 e. The Morgan fingerprint density at radius 3 is 2.00 bits per heavy atom. The van der Waals surface area contributed by atoms with E-state index in [1.54, 1.807) is 0 Å². The molecule has 6 heterocycles. The summed E-state index contributed by atoms with van der Waals surface area (Å²) in [5, 5.41) is 8.89. The van der Waals surface area contributed by atoms with Gasteiger partial charge in [-0.3, -0.25) is 4.57 Å². The van der Waals surface area contributed by atoms with Gasteiger partial charge in [0.15, 0.2) is 0 Å². The summed E-state index contributed by atoms with van der Waals surface area (Å²) < 4.78 is 12.4. The van der Waals surface area contributed by atoms with E-state index in [4.69, 9.17) is 4.42 Å². The number of hydrogen-bond acceptors (Lipinski definition) is 2. The third-order valence-electron chi connectivity index (χ3n) is 13.3. The lowest BCUT2D eigenvalue weighted by Crippen LogP contribution is -2.60. The first-order chi connectivity index (χ1) is 27.6. The molecule has 0 bridgehead atoms. The van der Waals surface area contributed by atoms with E-state index in [-0.39, 0.29) is 17.5 Å². The van der Waals surface area contributed by atoms with Gasteiger partial charge in [-0.05, 0) is 63.7 Å². The van der Waals surface area contributed by atoms with Crippen LogP contribution in [0.5, 0.6) is 0 Å². The van der Waals surface area contributed by atoms with Gasteiger partial charge in [0.25, 0.3) is 6.71 Å². The number of rotatable bonds is 1. The molecule has 0 radical (unpaired) electrons. The molecule has 0 fully saturated rings. The molecule has 0 amide bonds. The van der Waals surface area contributed by atoms with Crippen LogP contribution in [0.15, 0.2) is 138 Å². The molecule has 2 aliphatic heterocycles. The van der Waals surface area contributed by atoms with Crippen molar-refractivity contribution >= 4 is 111 Å². The van der Waals surface area contributed by atoms with E-state index in [0.29, 0.717) is 0 Å². The molecule has 13 rings (SSSR count). The summed E-state index contributed by atoms with van der Waals surface area (Å²) in [4.78, 5) is 2.57. The lowest BCUT2D eigenvalue weighted by molar-refractivity contribution is 0.550. The highest BCUT2D eigenvalue weighted by Crippen LogP contribution is 2.49. The van der Waals surface area contributed by atoms with Crippen LogP contribution in [0, 0.1) is 0 Å². The normalized spacial score (nSPS) is 14.1. The molecule has 0 N–H and O–H groups in total. The molecule has 7 aromatic carbocycles. The molecule has 0 aliphatic carbocycles. The number of benzene rings is 7. The molecule has 0 spiro atoms. The van der Waals surface area contributed by atoms with E-state index in [0.717, 1.165) is 17.2 Å². The van der Waals surface area contributed by atoms with Crippen molar-refractivity contribution < 1.29 is 4.42 Å². The van der Waals surface area contributed by atoms with Gasteiger partial charge in [-0.25, -0.2) is 0 Å². The highest BCUT2D eigenvalue weighted by atomic mass is 16.4. The number of fused-ring (bicyclic) bond motifs is 17. The van der Waals surface area contributed by atoms with E-state index in [2.05, 4.69) is 189 Å². The van der Waals surface area contributed by atoms with Crippen LogP contribution in [-0.2, 0) is 10.8 Å². The maximum absolute atomic E-state index is 7.36. The first-order valence-electron chi connectivity index (χ1n) is 20.3. The van der Waals surface area contributed by atoms with Crippen LogP contribution in [0.2, 0.25) is 0 Å². The van der Waals surface area contributed by atoms with Crippen molar-refractivity contribution in [3.05, 3.63) is 145 Å². The van der Waals surface area contributed by atoms with Crippen LogP contribution in [0.1, 0.15) is 52.7 Å². The van der Waals surface area contributed by atoms with Gasteiger partial charge in [0, 0.05) is 60.1 Å². The number of aromatic nitrogens is 2. The number of nitrogens with zero attached hydrogens (tertiary/aromatic N) is 3. The molecule has 272 valence electrons. The van der Waals surface area contributed by atoms with Crippen molar-refractivity contribution in [2.45, 2.75) is 52.4 Å². The van der Waals surface area contributed by atoms with Crippen LogP contribution in [0.3, 0.4) is 0 Å². The molecule has 0 atom stereocenters. The fourth-order valence-corrected chi connectivity index (χ4v) is 10.8. The average Bonchev–Trinajstić information content (AvgIpc) is 3.95. The molecular formula is C52H40BN3O. The molecule has 11 aromatic rings. The zero-order chi connectivity index (χ0) is 38.3. The second kappa shape index (κ2) is 10.3. The van der Waals surface area contributed by atoms with Crippen molar-refractivity contribution in [2.24, 2.45) is 0 Å². The monoisotopic (exact) mass is 733 g/mol. The number of hydrogen-bond donors (Lipinski definition) is 0. The summed E-state index contributed by atoms with van der Waals surface area (Å²) in [6, 6.07) is 50.3. The Balaban J connectivity index is 1.27. The van der Waals surface area contributed by atoms with E-state index < -0.39 is 0 Å². The lowest BCUT2D eigenvalue weighted by Gasteiger charge is -2.39. The summed E-state index contributed by atoms with van der Waals surface area (Å²) in [5.41, 5.74) is 17.2. The van der Waals surface area contributed by atoms with E-state index in [1.807, 2.05) is 0 Å². The predicted molar refractivity (Wildman–Crippen MR) is 242 cm³/mol. The van der Waals surface area contributed by atoms with Crippen LogP contribution in [0.4, 0.5) is 17.1 Å². The zero-order valence-electron chi connectivity index (χ0n) is 33.0.